The first-order chi connectivity index (χ1) is 8.06. The van der Waals surface area contributed by atoms with Crippen molar-refractivity contribution < 1.29 is 19.1 Å². The number of nitrogens with zero attached hydrogens (tertiary/aromatic N) is 1. The Morgan fingerprint density at radius 2 is 2.12 bits per heavy atom. The zero-order valence-electron chi connectivity index (χ0n) is 10.1. The van der Waals surface area contributed by atoms with Gasteiger partial charge in [0.05, 0.1) is 6.61 Å². The lowest BCUT2D eigenvalue weighted by Crippen LogP contribution is -2.51. The summed E-state index contributed by atoms with van der Waals surface area (Å²) in [4.78, 5) is 37.3. The second kappa shape index (κ2) is 4.56. The summed E-state index contributed by atoms with van der Waals surface area (Å²) < 4.78 is 4.69. The molecular weight excluding hydrogens is 222 g/mol. The average molecular weight is 239 g/mol. The Morgan fingerprint density at radius 3 is 2.76 bits per heavy atom. The number of rotatable bonds is 3. The van der Waals surface area contributed by atoms with Crippen molar-refractivity contribution in [3.8, 4) is 0 Å². The van der Waals surface area contributed by atoms with Crippen LogP contribution in [0.4, 0.5) is 0 Å². The second-order valence-electron chi connectivity index (χ2n) is 4.70. The highest BCUT2D eigenvalue weighted by Crippen LogP contribution is 2.36. The molecule has 0 amide bonds. The van der Waals surface area contributed by atoms with E-state index in [0.717, 1.165) is 12.8 Å². The average Bonchev–Trinajstić information content (AvgIpc) is 2.54. The smallest absolute Gasteiger partial charge is 0.375 e. The van der Waals surface area contributed by atoms with E-state index < -0.39 is 17.7 Å². The molecule has 2 bridgehead atoms. The van der Waals surface area contributed by atoms with Crippen LogP contribution in [0, 0.1) is 5.92 Å². The van der Waals surface area contributed by atoms with Crippen molar-refractivity contribution in [2.45, 2.75) is 38.3 Å². The Bertz CT molecular complexity index is 366. The standard InChI is InChI=1S/C12H17NO4/c1-3-17-12(16)11(15)10-8-5-4-7(13(8)2)6-9(10)14/h7-8,10H,3-6H2,1-2H3. The topological polar surface area (TPSA) is 63.7 Å². The molecule has 0 aromatic heterocycles. The van der Waals surface area contributed by atoms with E-state index in [2.05, 4.69) is 9.64 Å². The number of fused-ring (bicyclic) bond motifs is 2. The van der Waals surface area contributed by atoms with Gasteiger partial charge < -0.3 is 4.74 Å². The molecule has 0 radical (unpaired) electrons. The normalized spacial score (nSPS) is 32.6. The second-order valence-corrected chi connectivity index (χ2v) is 4.70. The number of Topliss-reactive ketones (excluding diaryl/α,β-unsaturated/α-hetero) is 2. The Morgan fingerprint density at radius 1 is 1.41 bits per heavy atom. The van der Waals surface area contributed by atoms with Gasteiger partial charge in [0, 0.05) is 18.5 Å². The van der Waals surface area contributed by atoms with Crippen molar-refractivity contribution in [3.63, 3.8) is 0 Å². The van der Waals surface area contributed by atoms with Gasteiger partial charge >= 0.3 is 5.97 Å². The lowest BCUT2D eigenvalue weighted by molar-refractivity contribution is -0.159. The highest BCUT2D eigenvalue weighted by atomic mass is 16.5. The number of hydrogen-bond donors (Lipinski definition) is 0. The van der Waals surface area contributed by atoms with Crippen molar-refractivity contribution in [2.24, 2.45) is 5.92 Å². The summed E-state index contributed by atoms with van der Waals surface area (Å²) >= 11 is 0. The van der Waals surface area contributed by atoms with Crippen molar-refractivity contribution in [1.29, 1.82) is 0 Å². The maximum absolute atomic E-state index is 11.9. The fourth-order valence-electron chi connectivity index (χ4n) is 2.91. The van der Waals surface area contributed by atoms with E-state index in [-0.39, 0.29) is 24.5 Å². The van der Waals surface area contributed by atoms with E-state index in [1.807, 2.05) is 7.05 Å². The van der Waals surface area contributed by atoms with Crippen molar-refractivity contribution in [2.75, 3.05) is 13.7 Å². The summed E-state index contributed by atoms with van der Waals surface area (Å²) in [7, 11) is 1.92. The first-order valence-corrected chi connectivity index (χ1v) is 6.01. The molecule has 0 aromatic rings. The summed E-state index contributed by atoms with van der Waals surface area (Å²) in [6, 6.07) is 0.136. The fraction of sp³-hybridized carbons (Fsp3) is 0.750. The number of carbonyl (C=O) groups is 3. The van der Waals surface area contributed by atoms with Crippen LogP contribution in [-0.4, -0.2) is 48.2 Å². The third-order valence-corrected chi connectivity index (χ3v) is 3.82. The van der Waals surface area contributed by atoms with Crippen molar-refractivity contribution >= 4 is 17.5 Å². The van der Waals surface area contributed by atoms with Gasteiger partial charge in [-0.05, 0) is 26.8 Å². The Hall–Kier alpha value is -1.23. The van der Waals surface area contributed by atoms with Crippen LogP contribution in [0.2, 0.25) is 0 Å². The maximum atomic E-state index is 11.9. The molecule has 0 saturated carbocycles. The van der Waals surface area contributed by atoms with Gasteiger partial charge in [0.15, 0.2) is 0 Å². The van der Waals surface area contributed by atoms with Crippen LogP contribution < -0.4 is 0 Å². The van der Waals surface area contributed by atoms with Gasteiger partial charge in [-0.3, -0.25) is 14.5 Å². The lowest BCUT2D eigenvalue weighted by atomic mass is 9.86. The predicted molar refractivity (Wildman–Crippen MR) is 59.3 cm³/mol. The summed E-state index contributed by atoms with van der Waals surface area (Å²) in [6.45, 7) is 1.81. The lowest BCUT2D eigenvalue weighted by Gasteiger charge is -2.35. The first-order valence-electron chi connectivity index (χ1n) is 6.01. The fourth-order valence-corrected chi connectivity index (χ4v) is 2.91. The summed E-state index contributed by atoms with van der Waals surface area (Å²) in [5.74, 6) is -2.45. The molecule has 0 spiro atoms. The Labute approximate surface area is 100 Å². The van der Waals surface area contributed by atoms with Crippen LogP contribution in [0.15, 0.2) is 0 Å². The van der Waals surface area contributed by atoms with Crippen molar-refractivity contribution in [1.82, 2.24) is 4.90 Å². The Balaban J connectivity index is 2.16. The van der Waals surface area contributed by atoms with E-state index in [0.29, 0.717) is 6.42 Å². The summed E-state index contributed by atoms with van der Waals surface area (Å²) in [5, 5.41) is 0. The van der Waals surface area contributed by atoms with E-state index >= 15 is 0 Å². The highest BCUT2D eigenvalue weighted by molar-refractivity contribution is 6.38. The molecule has 3 unspecified atom stereocenters. The first kappa shape index (κ1) is 12.2. The molecule has 2 heterocycles. The van der Waals surface area contributed by atoms with E-state index in [1.165, 1.54) is 0 Å². The van der Waals surface area contributed by atoms with Gasteiger partial charge in [-0.1, -0.05) is 0 Å². The quantitative estimate of drug-likeness (QED) is 0.399. The molecule has 0 aromatic carbocycles. The SMILES string of the molecule is CCOC(=O)C(=O)C1C(=O)CC2CCC1N2C. The minimum atomic E-state index is -0.871. The molecule has 17 heavy (non-hydrogen) atoms. The van der Waals surface area contributed by atoms with Crippen LogP contribution in [0.3, 0.4) is 0 Å². The van der Waals surface area contributed by atoms with Gasteiger partial charge in [0.2, 0.25) is 0 Å². The van der Waals surface area contributed by atoms with Crippen LogP contribution in [-0.2, 0) is 19.1 Å². The molecule has 0 N–H and O–H groups in total. The van der Waals surface area contributed by atoms with Crippen LogP contribution in [0.1, 0.15) is 26.2 Å². The minimum absolute atomic E-state index is 0.103. The van der Waals surface area contributed by atoms with Gasteiger partial charge in [-0.25, -0.2) is 4.79 Å². The number of piperidine rings is 1. The molecular formula is C12H17NO4. The molecule has 2 aliphatic heterocycles. The molecule has 5 heteroatoms. The number of ketones is 2. The predicted octanol–water partition coefficient (Wildman–Crippen LogP) is 0.170. The van der Waals surface area contributed by atoms with E-state index in [9.17, 15) is 14.4 Å². The van der Waals surface area contributed by atoms with E-state index in [1.54, 1.807) is 6.92 Å². The van der Waals surface area contributed by atoms with Gasteiger partial charge in [-0.2, -0.15) is 0 Å². The monoisotopic (exact) mass is 239 g/mol. The third-order valence-electron chi connectivity index (χ3n) is 3.82. The highest BCUT2D eigenvalue weighted by Gasteiger charge is 2.49. The molecule has 2 rings (SSSR count). The van der Waals surface area contributed by atoms with Crippen LogP contribution in [0.25, 0.3) is 0 Å². The van der Waals surface area contributed by atoms with Crippen molar-refractivity contribution in [3.05, 3.63) is 0 Å². The van der Waals surface area contributed by atoms with Gasteiger partial charge in [0.25, 0.3) is 5.78 Å². The minimum Gasteiger partial charge on any atom is -0.460 e. The molecule has 0 aliphatic carbocycles. The van der Waals surface area contributed by atoms with Crippen LogP contribution >= 0.6 is 0 Å². The number of esters is 1. The molecule has 2 fully saturated rings. The van der Waals surface area contributed by atoms with Crippen LogP contribution in [0.5, 0.6) is 0 Å². The number of ether oxygens (including phenoxy) is 1. The molecule has 2 saturated heterocycles. The largest absolute Gasteiger partial charge is 0.460 e. The van der Waals surface area contributed by atoms with Gasteiger partial charge in [-0.15, -0.1) is 0 Å². The zero-order chi connectivity index (χ0) is 12.6. The third kappa shape index (κ3) is 1.99. The molecule has 94 valence electrons. The van der Waals surface area contributed by atoms with E-state index in [4.69, 9.17) is 0 Å². The number of carbonyl (C=O) groups excluding carboxylic acids is 3. The molecule has 2 aliphatic rings. The maximum Gasteiger partial charge on any atom is 0.375 e. The number of hydrogen-bond acceptors (Lipinski definition) is 5. The summed E-state index contributed by atoms with van der Waals surface area (Å²) in [6.07, 6.45) is 2.12. The summed E-state index contributed by atoms with van der Waals surface area (Å²) in [5.41, 5.74) is 0. The molecule has 3 atom stereocenters. The Kier molecular flexibility index (Phi) is 3.28. The molecule has 5 nitrogen and oxygen atoms in total. The zero-order valence-corrected chi connectivity index (χ0v) is 10.1. The van der Waals surface area contributed by atoms with Gasteiger partial charge in [0.1, 0.15) is 11.7 Å².